The molecule has 0 saturated heterocycles. The smallest absolute Gasteiger partial charge is 0.155 e. The van der Waals surface area contributed by atoms with Crippen LogP contribution >= 0.6 is 22.9 Å². The van der Waals surface area contributed by atoms with Crippen LogP contribution in [0.5, 0.6) is 5.75 Å². The summed E-state index contributed by atoms with van der Waals surface area (Å²) in [5.74, 6) is 0.702. The van der Waals surface area contributed by atoms with Gasteiger partial charge in [-0.3, -0.25) is 0 Å². The van der Waals surface area contributed by atoms with Gasteiger partial charge in [-0.05, 0) is 25.1 Å². The number of nitrogens with zero attached hydrogens (tertiary/aromatic N) is 2. The number of halogens is 1. The molecule has 0 unspecified atom stereocenters. The number of aromatic nitrogens is 1. The molecule has 3 nitrogen and oxygen atoms in total. The highest BCUT2D eigenvalue weighted by molar-refractivity contribution is 7.15. The zero-order chi connectivity index (χ0) is 12.4. The van der Waals surface area contributed by atoms with Crippen molar-refractivity contribution in [2.45, 2.75) is 6.92 Å². The Morgan fingerprint density at radius 2 is 2.24 bits per heavy atom. The van der Waals surface area contributed by atoms with Gasteiger partial charge in [0.25, 0.3) is 0 Å². The molecular weight excluding hydrogens is 256 g/mol. The standard InChI is InChI=1S/C12H9ClN2OS/c1-7-10(6-14)15-12(17-7)9-5-8(13)3-4-11(9)16-2/h3-5H,1-2H3. The van der Waals surface area contributed by atoms with Gasteiger partial charge in [-0.1, -0.05) is 11.6 Å². The lowest BCUT2D eigenvalue weighted by Crippen LogP contribution is -1.87. The van der Waals surface area contributed by atoms with Crippen molar-refractivity contribution in [3.05, 3.63) is 33.8 Å². The maximum Gasteiger partial charge on any atom is 0.155 e. The van der Waals surface area contributed by atoms with Crippen molar-refractivity contribution < 1.29 is 4.74 Å². The highest BCUT2D eigenvalue weighted by Crippen LogP contribution is 2.35. The maximum atomic E-state index is 8.90. The van der Waals surface area contributed by atoms with Crippen LogP contribution < -0.4 is 4.74 Å². The molecule has 0 spiro atoms. The number of hydrogen-bond acceptors (Lipinski definition) is 4. The van der Waals surface area contributed by atoms with Crippen LogP contribution in [-0.4, -0.2) is 12.1 Å². The van der Waals surface area contributed by atoms with Gasteiger partial charge < -0.3 is 4.74 Å². The van der Waals surface area contributed by atoms with Gasteiger partial charge in [0.1, 0.15) is 16.8 Å². The molecule has 17 heavy (non-hydrogen) atoms. The van der Waals surface area contributed by atoms with Gasteiger partial charge in [-0.25, -0.2) is 4.98 Å². The van der Waals surface area contributed by atoms with Crippen molar-refractivity contribution in [3.63, 3.8) is 0 Å². The van der Waals surface area contributed by atoms with Crippen LogP contribution in [0.3, 0.4) is 0 Å². The van der Waals surface area contributed by atoms with Crippen molar-refractivity contribution in [2.24, 2.45) is 0 Å². The molecule has 0 amide bonds. The first-order chi connectivity index (χ1) is 8.15. The van der Waals surface area contributed by atoms with E-state index in [1.54, 1.807) is 25.3 Å². The fourth-order valence-electron chi connectivity index (χ4n) is 1.46. The average molecular weight is 265 g/mol. The highest BCUT2D eigenvalue weighted by Gasteiger charge is 2.13. The van der Waals surface area contributed by atoms with Crippen molar-refractivity contribution >= 4 is 22.9 Å². The molecule has 0 fully saturated rings. The minimum atomic E-state index is 0.451. The van der Waals surface area contributed by atoms with Crippen molar-refractivity contribution in [1.82, 2.24) is 4.98 Å². The van der Waals surface area contributed by atoms with Crippen LogP contribution in [0.2, 0.25) is 5.02 Å². The third-order valence-electron chi connectivity index (χ3n) is 2.29. The normalized spacial score (nSPS) is 10.0. The minimum absolute atomic E-state index is 0.451. The molecule has 86 valence electrons. The minimum Gasteiger partial charge on any atom is -0.496 e. The van der Waals surface area contributed by atoms with Gasteiger partial charge in [0.15, 0.2) is 5.69 Å². The summed E-state index contributed by atoms with van der Waals surface area (Å²) in [6.07, 6.45) is 0. The van der Waals surface area contributed by atoms with Crippen LogP contribution in [0.4, 0.5) is 0 Å². The molecule has 0 radical (unpaired) electrons. The SMILES string of the molecule is COc1ccc(Cl)cc1-c1nc(C#N)c(C)s1. The summed E-state index contributed by atoms with van der Waals surface area (Å²) in [5, 5.41) is 10.3. The Morgan fingerprint density at radius 1 is 1.47 bits per heavy atom. The molecule has 5 heteroatoms. The lowest BCUT2D eigenvalue weighted by molar-refractivity contribution is 0.416. The number of methoxy groups -OCH3 is 1. The topological polar surface area (TPSA) is 45.9 Å². The molecule has 0 saturated carbocycles. The lowest BCUT2D eigenvalue weighted by atomic mass is 10.2. The lowest BCUT2D eigenvalue weighted by Gasteiger charge is -2.05. The van der Waals surface area contributed by atoms with E-state index in [1.807, 2.05) is 6.92 Å². The number of ether oxygens (including phenoxy) is 1. The third-order valence-corrected chi connectivity index (χ3v) is 3.53. The van der Waals surface area contributed by atoms with Crippen LogP contribution in [0.1, 0.15) is 10.6 Å². The van der Waals surface area contributed by atoms with E-state index in [-0.39, 0.29) is 0 Å². The first kappa shape index (κ1) is 11.9. The Hall–Kier alpha value is -1.57. The molecule has 1 aromatic heterocycles. The van der Waals surface area contributed by atoms with Crippen LogP contribution in [0.15, 0.2) is 18.2 Å². The molecule has 0 atom stereocenters. The largest absolute Gasteiger partial charge is 0.496 e. The third kappa shape index (κ3) is 2.26. The van der Waals surface area contributed by atoms with E-state index in [0.717, 1.165) is 15.4 Å². The number of aryl methyl sites for hydroxylation is 1. The first-order valence-electron chi connectivity index (χ1n) is 4.87. The number of benzene rings is 1. The van der Waals surface area contributed by atoms with Crippen LogP contribution in [0.25, 0.3) is 10.6 Å². The molecule has 1 heterocycles. The second kappa shape index (κ2) is 4.74. The quantitative estimate of drug-likeness (QED) is 0.832. The van der Waals surface area contributed by atoms with Gasteiger partial charge in [-0.2, -0.15) is 5.26 Å². The van der Waals surface area contributed by atoms with Gasteiger partial charge in [0, 0.05) is 9.90 Å². The molecule has 2 rings (SSSR count). The Bertz CT molecular complexity index is 601. The monoisotopic (exact) mass is 264 g/mol. The predicted molar refractivity (Wildman–Crippen MR) is 68.6 cm³/mol. The Balaban J connectivity index is 2.59. The molecule has 0 aliphatic rings. The first-order valence-corrected chi connectivity index (χ1v) is 6.06. The summed E-state index contributed by atoms with van der Waals surface area (Å²) in [6, 6.07) is 7.41. The van der Waals surface area contributed by atoms with E-state index in [1.165, 1.54) is 11.3 Å². The molecular formula is C12H9ClN2OS. The second-order valence-corrected chi connectivity index (χ2v) is 5.02. The van der Waals surface area contributed by atoms with Crippen molar-refractivity contribution in [2.75, 3.05) is 7.11 Å². The van der Waals surface area contributed by atoms with Crippen LogP contribution in [-0.2, 0) is 0 Å². The fourth-order valence-corrected chi connectivity index (χ4v) is 2.52. The molecule has 0 N–H and O–H groups in total. The number of nitriles is 1. The van der Waals surface area contributed by atoms with E-state index in [4.69, 9.17) is 21.6 Å². The number of thiazole rings is 1. The van der Waals surface area contributed by atoms with Crippen molar-refractivity contribution in [1.29, 1.82) is 5.26 Å². The molecule has 2 aromatic rings. The predicted octanol–water partition coefficient (Wildman–Crippen LogP) is 3.65. The van der Waals surface area contributed by atoms with E-state index >= 15 is 0 Å². The van der Waals surface area contributed by atoms with Gasteiger partial charge in [0.2, 0.25) is 0 Å². The van der Waals surface area contributed by atoms with E-state index in [2.05, 4.69) is 11.1 Å². The van der Waals surface area contributed by atoms with Gasteiger partial charge in [-0.15, -0.1) is 11.3 Å². The summed E-state index contributed by atoms with van der Waals surface area (Å²) < 4.78 is 5.26. The Labute approximate surface area is 108 Å². The van der Waals surface area contributed by atoms with E-state index in [9.17, 15) is 0 Å². The Morgan fingerprint density at radius 3 is 2.82 bits per heavy atom. The summed E-state index contributed by atoms with van der Waals surface area (Å²) in [5.41, 5.74) is 1.27. The highest BCUT2D eigenvalue weighted by atomic mass is 35.5. The number of rotatable bonds is 2. The molecule has 0 aliphatic heterocycles. The van der Waals surface area contributed by atoms with Crippen molar-refractivity contribution in [3.8, 4) is 22.4 Å². The van der Waals surface area contributed by atoms with Gasteiger partial charge in [0.05, 0.1) is 12.7 Å². The maximum absolute atomic E-state index is 8.90. The zero-order valence-electron chi connectivity index (χ0n) is 9.32. The summed E-state index contributed by atoms with van der Waals surface area (Å²) in [7, 11) is 1.60. The second-order valence-electron chi connectivity index (χ2n) is 3.38. The fraction of sp³-hybridized carbons (Fsp3) is 0.167. The summed E-state index contributed by atoms with van der Waals surface area (Å²) in [4.78, 5) is 5.16. The van der Waals surface area contributed by atoms with Gasteiger partial charge >= 0.3 is 0 Å². The zero-order valence-corrected chi connectivity index (χ0v) is 10.9. The van der Waals surface area contributed by atoms with E-state index in [0.29, 0.717) is 16.5 Å². The molecule has 0 bridgehead atoms. The van der Waals surface area contributed by atoms with E-state index < -0.39 is 0 Å². The molecule has 0 aliphatic carbocycles. The Kier molecular flexibility index (Phi) is 3.32. The number of hydrogen-bond donors (Lipinski definition) is 0. The van der Waals surface area contributed by atoms with Crippen LogP contribution in [0, 0.1) is 18.3 Å². The molecule has 1 aromatic carbocycles. The summed E-state index contributed by atoms with van der Waals surface area (Å²) >= 11 is 7.42. The summed E-state index contributed by atoms with van der Waals surface area (Å²) in [6.45, 7) is 1.87. The average Bonchev–Trinajstić information content (AvgIpc) is 2.70.